The third-order valence-electron chi connectivity index (χ3n) is 2.64. The van der Waals surface area contributed by atoms with Crippen LogP contribution in [0.4, 0.5) is 0 Å². The summed E-state index contributed by atoms with van der Waals surface area (Å²) >= 11 is 4.20. The fourth-order valence-electron chi connectivity index (χ4n) is 1.69. The Kier molecular flexibility index (Phi) is 3.22. The Balaban J connectivity index is 2.35. The molecule has 2 nitrogen and oxygen atoms in total. The topological polar surface area (TPSA) is 52.0 Å². The lowest BCUT2D eigenvalue weighted by Gasteiger charge is -2.35. The Bertz CT molecular complexity index is 119. The van der Waals surface area contributed by atoms with Crippen molar-refractivity contribution in [1.82, 2.24) is 0 Å². The summed E-state index contributed by atoms with van der Waals surface area (Å²) in [6.07, 6.45) is 5.36. The Morgan fingerprint density at radius 1 is 1.36 bits per heavy atom. The molecular formula is C8H18N2S. The molecule has 0 aromatic heterocycles. The Hall–Kier alpha value is 0.270. The lowest BCUT2D eigenvalue weighted by Crippen LogP contribution is -2.46. The molecule has 0 bridgehead atoms. The van der Waals surface area contributed by atoms with Gasteiger partial charge in [0.15, 0.2) is 0 Å². The number of rotatable bonds is 2. The van der Waals surface area contributed by atoms with Crippen LogP contribution in [0, 0.1) is 0 Å². The second-order valence-corrected chi connectivity index (χ2v) is 4.12. The molecule has 4 N–H and O–H groups in total. The van der Waals surface area contributed by atoms with Crippen LogP contribution in [0.2, 0.25) is 0 Å². The summed E-state index contributed by atoms with van der Waals surface area (Å²) in [5.41, 5.74) is 12.0. The molecule has 0 amide bonds. The SMILES string of the molecule is NC1CCC(N)(CCS)CC1. The molecule has 1 saturated carbocycles. The fraction of sp³-hybridized carbons (Fsp3) is 1.00. The van der Waals surface area contributed by atoms with Gasteiger partial charge in [0.25, 0.3) is 0 Å². The van der Waals surface area contributed by atoms with E-state index < -0.39 is 0 Å². The zero-order valence-electron chi connectivity index (χ0n) is 6.92. The summed E-state index contributed by atoms with van der Waals surface area (Å²) in [6.45, 7) is 0. The normalized spacial score (nSPS) is 39.0. The predicted octanol–water partition coefficient (Wildman–Crippen LogP) is 0.905. The first-order valence-corrected chi connectivity index (χ1v) is 4.95. The molecule has 0 unspecified atom stereocenters. The molecule has 11 heavy (non-hydrogen) atoms. The van der Waals surface area contributed by atoms with Crippen LogP contribution in [0.3, 0.4) is 0 Å². The molecule has 3 heteroatoms. The quantitative estimate of drug-likeness (QED) is 0.545. The molecule has 1 aliphatic carbocycles. The van der Waals surface area contributed by atoms with E-state index in [2.05, 4.69) is 12.6 Å². The van der Waals surface area contributed by atoms with Gasteiger partial charge in [-0.1, -0.05) is 0 Å². The maximum absolute atomic E-state index is 6.13. The fourth-order valence-corrected chi connectivity index (χ4v) is 2.13. The minimum absolute atomic E-state index is 0.0532. The molecule has 0 heterocycles. The Labute approximate surface area is 74.1 Å². The van der Waals surface area contributed by atoms with Crippen LogP contribution in [-0.4, -0.2) is 17.3 Å². The standard InChI is InChI=1S/C8H18N2S/c9-7-1-3-8(10,4-2-7)5-6-11/h7,11H,1-6,9-10H2. The van der Waals surface area contributed by atoms with E-state index in [9.17, 15) is 0 Å². The van der Waals surface area contributed by atoms with Gasteiger partial charge in [-0.15, -0.1) is 0 Å². The summed E-state index contributed by atoms with van der Waals surface area (Å²) in [4.78, 5) is 0. The van der Waals surface area contributed by atoms with E-state index in [1.165, 1.54) is 0 Å². The van der Waals surface area contributed by atoms with E-state index in [1.54, 1.807) is 0 Å². The highest BCUT2D eigenvalue weighted by atomic mass is 32.1. The van der Waals surface area contributed by atoms with Crippen molar-refractivity contribution >= 4 is 12.6 Å². The largest absolute Gasteiger partial charge is 0.328 e. The minimum atomic E-state index is 0.0532. The monoisotopic (exact) mass is 174 g/mol. The van der Waals surface area contributed by atoms with E-state index in [4.69, 9.17) is 11.5 Å². The lowest BCUT2D eigenvalue weighted by molar-refractivity contribution is 0.267. The molecule has 0 aromatic rings. The highest BCUT2D eigenvalue weighted by Gasteiger charge is 2.29. The number of nitrogens with two attached hydrogens (primary N) is 2. The number of hydrogen-bond donors (Lipinski definition) is 3. The van der Waals surface area contributed by atoms with Crippen LogP contribution in [0.25, 0.3) is 0 Å². The highest BCUT2D eigenvalue weighted by molar-refractivity contribution is 7.80. The molecule has 1 fully saturated rings. The molecule has 0 aromatic carbocycles. The van der Waals surface area contributed by atoms with Crippen molar-refractivity contribution < 1.29 is 0 Å². The van der Waals surface area contributed by atoms with Gasteiger partial charge < -0.3 is 11.5 Å². The highest BCUT2D eigenvalue weighted by Crippen LogP contribution is 2.28. The van der Waals surface area contributed by atoms with Gasteiger partial charge in [0, 0.05) is 11.6 Å². The molecule has 0 aliphatic heterocycles. The molecule has 1 aliphatic rings. The van der Waals surface area contributed by atoms with Crippen molar-refractivity contribution in [3.63, 3.8) is 0 Å². The first-order chi connectivity index (χ1) is 5.16. The Morgan fingerprint density at radius 2 is 1.91 bits per heavy atom. The van der Waals surface area contributed by atoms with Gasteiger partial charge in [-0.2, -0.15) is 12.6 Å². The zero-order chi connectivity index (χ0) is 8.32. The average molecular weight is 174 g/mol. The zero-order valence-corrected chi connectivity index (χ0v) is 7.82. The summed E-state index contributed by atoms with van der Waals surface area (Å²) < 4.78 is 0. The van der Waals surface area contributed by atoms with E-state index in [0.717, 1.165) is 37.9 Å². The van der Waals surface area contributed by atoms with Crippen molar-refractivity contribution in [2.24, 2.45) is 11.5 Å². The summed E-state index contributed by atoms with van der Waals surface area (Å²) in [5, 5.41) is 0. The van der Waals surface area contributed by atoms with Crippen molar-refractivity contribution in [1.29, 1.82) is 0 Å². The van der Waals surface area contributed by atoms with Crippen molar-refractivity contribution in [3.8, 4) is 0 Å². The van der Waals surface area contributed by atoms with Crippen LogP contribution in [0.1, 0.15) is 32.1 Å². The van der Waals surface area contributed by atoms with Gasteiger partial charge in [0.1, 0.15) is 0 Å². The van der Waals surface area contributed by atoms with Gasteiger partial charge in [-0.25, -0.2) is 0 Å². The van der Waals surface area contributed by atoms with Crippen molar-refractivity contribution in [3.05, 3.63) is 0 Å². The summed E-state index contributed by atoms with van der Waals surface area (Å²) in [7, 11) is 0. The van der Waals surface area contributed by atoms with Gasteiger partial charge in [-0.05, 0) is 37.9 Å². The summed E-state index contributed by atoms with van der Waals surface area (Å²) in [5.74, 6) is 0.895. The van der Waals surface area contributed by atoms with Gasteiger partial charge >= 0.3 is 0 Å². The van der Waals surface area contributed by atoms with Gasteiger partial charge in [0.2, 0.25) is 0 Å². The van der Waals surface area contributed by atoms with Crippen LogP contribution >= 0.6 is 12.6 Å². The first kappa shape index (κ1) is 9.36. The third kappa shape index (κ3) is 2.65. The van der Waals surface area contributed by atoms with E-state index >= 15 is 0 Å². The van der Waals surface area contributed by atoms with E-state index in [1.807, 2.05) is 0 Å². The predicted molar refractivity (Wildman–Crippen MR) is 51.8 cm³/mol. The molecule has 0 radical (unpaired) electrons. The van der Waals surface area contributed by atoms with Crippen molar-refractivity contribution in [2.45, 2.75) is 43.7 Å². The van der Waals surface area contributed by atoms with Crippen LogP contribution in [0.5, 0.6) is 0 Å². The molecular weight excluding hydrogens is 156 g/mol. The second-order valence-electron chi connectivity index (χ2n) is 3.67. The Morgan fingerprint density at radius 3 is 2.36 bits per heavy atom. The molecule has 0 atom stereocenters. The maximum atomic E-state index is 6.13. The summed E-state index contributed by atoms with van der Waals surface area (Å²) in [6, 6.07) is 0.395. The van der Waals surface area contributed by atoms with Crippen LogP contribution < -0.4 is 11.5 Å². The second kappa shape index (κ2) is 3.78. The number of thiol groups is 1. The first-order valence-electron chi connectivity index (χ1n) is 4.32. The molecule has 0 saturated heterocycles. The third-order valence-corrected chi connectivity index (χ3v) is 2.86. The average Bonchev–Trinajstić information content (AvgIpc) is 1.97. The minimum Gasteiger partial charge on any atom is -0.328 e. The van der Waals surface area contributed by atoms with E-state index in [-0.39, 0.29) is 5.54 Å². The van der Waals surface area contributed by atoms with Crippen LogP contribution in [0.15, 0.2) is 0 Å². The lowest BCUT2D eigenvalue weighted by atomic mass is 9.79. The van der Waals surface area contributed by atoms with Crippen LogP contribution in [-0.2, 0) is 0 Å². The van der Waals surface area contributed by atoms with Gasteiger partial charge in [-0.3, -0.25) is 0 Å². The maximum Gasteiger partial charge on any atom is 0.0163 e. The van der Waals surface area contributed by atoms with Gasteiger partial charge in [0.05, 0.1) is 0 Å². The molecule has 66 valence electrons. The number of hydrogen-bond acceptors (Lipinski definition) is 3. The van der Waals surface area contributed by atoms with Crippen molar-refractivity contribution in [2.75, 3.05) is 5.75 Å². The van der Waals surface area contributed by atoms with E-state index in [0.29, 0.717) is 6.04 Å². The smallest absolute Gasteiger partial charge is 0.0163 e. The molecule has 1 rings (SSSR count). The molecule has 0 spiro atoms.